The van der Waals surface area contributed by atoms with E-state index in [0.717, 1.165) is 0 Å². The monoisotopic (exact) mass is 479 g/mol. The van der Waals surface area contributed by atoms with Crippen LogP contribution in [0, 0.1) is 5.92 Å². The third-order valence-electron chi connectivity index (χ3n) is 4.99. The van der Waals surface area contributed by atoms with Gasteiger partial charge in [0, 0.05) is 24.6 Å². The summed E-state index contributed by atoms with van der Waals surface area (Å²) < 4.78 is 22.3. The van der Waals surface area contributed by atoms with Crippen LogP contribution in [-0.2, 0) is 9.53 Å². The number of piperidine rings is 1. The number of nitrogens with one attached hydrogen (secondary N) is 2. The molecule has 1 aromatic rings. The van der Waals surface area contributed by atoms with Crippen LogP contribution in [0.2, 0.25) is 0 Å². The van der Waals surface area contributed by atoms with Crippen molar-refractivity contribution in [3.05, 3.63) is 17.7 Å². The van der Waals surface area contributed by atoms with Gasteiger partial charge < -0.3 is 23.8 Å². The molecule has 1 heterocycles. The molecule has 34 heavy (non-hydrogen) atoms. The molecule has 0 radical (unpaired) electrons. The van der Waals surface area contributed by atoms with E-state index in [4.69, 9.17) is 18.9 Å². The van der Waals surface area contributed by atoms with Gasteiger partial charge in [-0.25, -0.2) is 4.79 Å². The van der Waals surface area contributed by atoms with Crippen LogP contribution in [0.15, 0.2) is 12.1 Å². The number of amides is 3. The lowest BCUT2D eigenvalue weighted by molar-refractivity contribution is -0.127. The summed E-state index contributed by atoms with van der Waals surface area (Å²) in [5, 5.41) is 0. The zero-order valence-electron chi connectivity index (χ0n) is 21.0. The average Bonchev–Trinajstić information content (AvgIpc) is 2.78. The molecular weight excluding hydrogens is 442 g/mol. The smallest absolute Gasteiger partial charge is 0.410 e. The minimum atomic E-state index is -0.569. The third-order valence-corrected chi connectivity index (χ3v) is 4.99. The van der Waals surface area contributed by atoms with Gasteiger partial charge in [0.25, 0.3) is 5.91 Å². The van der Waals surface area contributed by atoms with Gasteiger partial charge in [-0.1, -0.05) is 0 Å². The van der Waals surface area contributed by atoms with E-state index in [1.807, 2.05) is 41.5 Å². The number of hydrazine groups is 1. The summed E-state index contributed by atoms with van der Waals surface area (Å²) in [5.74, 6) is 0.0751. The van der Waals surface area contributed by atoms with E-state index in [2.05, 4.69) is 10.9 Å². The van der Waals surface area contributed by atoms with E-state index < -0.39 is 11.5 Å². The molecule has 0 unspecified atom stereocenters. The molecule has 0 aromatic heterocycles. The molecule has 0 bridgehead atoms. The van der Waals surface area contributed by atoms with Crippen LogP contribution in [0.3, 0.4) is 0 Å². The number of rotatable bonds is 8. The third kappa shape index (κ3) is 7.71. The van der Waals surface area contributed by atoms with Crippen LogP contribution < -0.4 is 25.1 Å². The standard InChI is InChI=1S/C24H37N3O7/c1-7-31-18-14-17(15-19(32-8-2)20(18)33-9-3)22(29)26-25-21(28)16-10-12-27(13-11-16)23(30)34-24(4,5)6/h14-16H,7-13H2,1-6H3,(H,25,28)(H,26,29). The maximum atomic E-state index is 12.7. The van der Waals surface area contributed by atoms with Crippen molar-refractivity contribution in [3.8, 4) is 17.2 Å². The molecule has 1 fully saturated rings. The predicted octanol–water partition coefficient (Wildman–Crippen LogP) is 3.29. The lowest BCUT2D eigenvalue weighted by atomic mass is 9.96. The molecule has 0 spiro atoms. The lowest BCUT2D eigenvalue weighted by Crippen LogP contribution is -2.48. The molecule has 1 saturated heterocycles. The number of nitrogens with zero attached hydrogens (tertiary/aromatic N) is 1. The number of carbonyl (C=O) groups excluding carboxylic acids is 3. The topological polar surface area (TPSA) is 115 Å². The van der Waals surface area contributed by atoms with Gasteiger partial charge in [0.2, 0.25) is 11.7 Å². The van der Waals surface area contributed by atoms with Gasteiger partial charge >= 0.3 is 6.09 Å². The molecule has 190 valence electrons. The van der Waals surface area contributed by atoms with Crippen LogP contribution in [0.1, 0.15) is 64.7 Å². The molecule has 2 N–H and O–H groups in total. The van der Waals surface area contributed by atoms with Crippen molar-refractivity contribution in [2.24, 2.45) is 5.92 Å². The van der Waals surface area contributed by atoms with Gasteiger partial charge in [-0.15, -0.1) is 0 Å². The summed E-state index contributed by atoms with van der Waals surface area (Å²) in [6.07, 6.45) is 0.574. The normalized spacial score (nSPS) is 14.2. The largest absolute Gasteiger partial charge is 0.490 e. The number of carbonyl (C=O) groups is 3. The van der Waals surface area contributed by atoms with E-state index in [0.29, 0.717) is 63.0 Å². The highest BCUT2D eigenvalue weighted by atomic mass is 16.6. The molecule has 0 saturated carbocycles. The number of ether oxygens (including phenoxy) is 4. The van der Waals surface area contributed by atoms with Crippen molar-refractivity contribution in [2.75, 3.05) is 32.9 Å². The lowest BCUT2D eigenvalue weighted by Gasteiger charge is -2.32. The first-order valence-corrected chi connectivity index (χ1v) is 11.7. The highest BCUT2D eigenvalue weighted by Gasteiger charge is 2.30. The highest BCUT2D eigenvalue weighted by Crippen LogP contribution is 2.39. The Hall–Kier alpha value is -3.17. The summed E-state index contributed by atoms with van der Waals surface area (Å²) >= 11 is 0. The maximum Gasteiger partial charge on any atom is 0.410 e. The summed E-state index contributed by atoms with van der Waals surface area (Å²) in [7, 11) is 0. The van der Waals surface area contributed by atoms with Crippen molar-refractivity contribution in [3.63, 3.8) is 0 Å². The minimum Gasteiger partial charge on any atom is -0.490 e. The number of hydrogen-bond donors (Lipinski definition) is 2. The van der Waals surface area contributed by atoms with Gasteiger partial charge in [-0.2, -0.15) is 0 Å². The van der Waals surface area contributed by atoms with Crippen molar-refractivity contribution in [2.45, 2.75) is 60.0 Å². The van der Waals surface area contributed by atoms with Crippen molar-refractivity contribution >= 4 is 17.9 Å². The molecule has 10 nitrogen and oxygen atoms in total. The first-order chi connectivity index (χ1) is 16.1. The Bertz CT molecular complexity index is 832. The Balaban J connectivity index is 1.97. The Morgan fingerprint density at radius 1 is 0.912 bits per heavy atom. The molecule has 1 aromatic carbocycles. The van der Waals surface area contributed by atoms with Gasteiger partial charge in [0.15, 0.2) is 11.5 Å². The van der Waals surface area contributed by atoms with Gasteiger partial charge in [0.1, 0.15) is 5.60 Å². The molecule has 0 aliphatic carbocycles. The Morgan fingerprint density at radius 2 is 1.44 bits per heavy atom. The fourth-order valence-electron chi connectivity index (χ4n) is 3.46. The van der Waals surface area contributed by atoms with Crippen molar-refractivity contribution < 1.29 is 33.3 Å². The Kier molecular flexibility index (Phi) is 9.83. The van der Waals surface area contributed by atoms with Crippen LogP contribution in [0.25, 0.3) is 0 Å². The molecule has 10 heteroatoms. The molecule has 3 amide bonds. The second kappa shape index (κ2) is 12.3. The van der Waals surface area contributed by atoms with E-state index >= 15 is 0 Å². The molecular formula is C24H37N3O7. The molecule has 2 rings (SSSR count). The summed E-state index contributed by atoms with van der Waals surface area (Å²) in [5.41, 5.74) is 4.64. The van der Waals surface area contributed by atoms with E-state index in [1.165, 1.54) is 0 Å². The summed E-state index contributed by atoms with van der Waals surface area (Å²) in [4.78, 5) is 39.1. The van der Waals surface area contributed by atoms with Crippen LogP contribution in [0.5, 0.6) is 17.2 Å². The van der Waals surface area contributed by atoms with Crippen LogP contribution in [-0.4, -0.2) is 61.3 Å². The zero-order valence-corrected chi connectivity index (χ0v) is 21.0. The molecule has 1 aliphatic rings. The summed E-state index contributed by atoms with van der Waals surface area (Å²) in [6, 6.07) is 3.11. The number of likely N-dealkylation sites (tertiary alicyclic amines) is 1. The number of hydrogen-bond acceptors (Lipinski definition) is 7. The quantitative estimate of drug-likeness (QED) is 0.550. The first-order valence-electron chi connectivity index (χ1n) is 11.7. The fraction of sp³-hybridized carbons (Fsp3) is 0.625. The Morgan fingerprint density at radius 3 is 1.91 bits per heavy atom. The average molecular weight is 480 g/mol. The maximum absolute atomic E-state index is 12.7. The SMILES string of the molecule is CCOc1cc(C(=O)NNC(=O)C2CCN(C(=O)OC(C)(C)C)CC2)cc(OCC)c1OCC. The van der Waals surface area contributed by atoms with E-state index in [1.54, 1.807) is 17.0 Å². The van der Waals surface area contributed by atoms with Crippen LogP contribution in [0.4, 0.5) is 4.79 Å². The number of benzene rings is 1. The van der Waals surface area contributed by atoms with Crippen molar-refractivity contribution in [1.82, 2.24) is 15.8 Å². The van der Waals surface area contributed by atoms with E-state index in [9.17, 15) is 14.4 Å². The fourth-order valence-corrected chi connectivity index (χ4v) is 3.46. The highest BCUT2D eigenvalue weighted by molar-refractivity contribution is 5.96. The second-order valence-electron chi connectivity index (χ2n) is 8.79. The van der Waals surface area contributed by atoms with E-state index in [-0.39, 0.29) is 23.5 Å². The first kappa shape index (κ1) is 27.1. The predicted molar refractivity (Wildman–Crippen MR) is 126 cm³/mol. The van der Waals surface area contributed by atoms with Crippen LogP contribution >= 0.6 is 0 Å². The van der Waals surface area contributed by atoms with Crippen molar-refractivity contribution in [1.29, 1.82) is 0 Å². The van der Waals surface area contributed by atoms with Gasteiger partial charge in [-0.3, -0.25) is 20.4 Å². The Labute approximate surface area is 201 Å². The zero-order chi connectivity index (χ0) is 25.3. The second-order valence-corrected chi connectivity index (χ2v) is 8.79. The van der Waals surface area contributed by atoms with Gasteiger partial charge in [0.05, 0.1) is 19.8 Å². The minimum absolute atomic E-state index is 0.260. The summed E-state index contributed by atoms with van der Waals surface area (Å²) in [6.45, 7) is 12.9. The van der Waals surface area contributed by atoms with Gasteiger partial charge in [-0.05, 0) is 66.5 Å². The molecule has 1 aliphatic heterocycles. The molecule has 0 atom stereocenters.